The van der Waals surface area contributed by atoms with E-state index in [1.807, 2.05) is 21.0 Å². The first-order chi connectivity index (χ1) is 8.06. The summed E-state index contributed by atoms with van der Waals surface area (Å²) >= 11 is 5.93. The summed E-state index contributed by atoms with van der Waals surface area (Å²) in [5, 5.41) is 7.27. The molecule has 1 heterocycles. The molecule has 1 aromatic rings. The van der Waals surface area contributed by atoms with Crippen molar-refractivity contribution < 1.29 is 4.79 Å². The molecule has 0 aliphatic carbocycles. The molecular formula is C11H19ClN4O. The Kier molecular flexibility index (Phi) is 5.44. The third-order valence-electron chi connectivity index (χ3n) is 2.38. The van der Waals surface area contributed by atoms with Crippen molar-refractivity contribution in [3.63, 3.8) is 0 Å². The summed E-state index contributed by atoms with van der Waals surface area (Å²) in [6, 6.07) is 0. The molecule has 0 spiro atoms. The molecule has 0 atom stereocenters. The zero-order valence-corrected chi connectivity index (χ0v) is 11.3. The quantitative estimate of drug-likeness (QED) is 0.781. The summed E-state index contributed by atoms with van der Waals surface area (Å²) in [6.45, 7) is 4.14. The van der Waals surface area contributed by atoms with Gasteiger partial charge in [-0.05, 0) is 34.0 Å². The molecule has 0 saturated carbocycles. The van der Waals surface area contributed by atoms with Gasteiger partial charge in [0.1, 0.15) is 5.69 Å². The number of rotatable bonds is 6. The number of hydrogen-bond donors (Lipinski definition) is 1. The SMILES string of the molecule is CCn1ncc(Cl)c1C(=O)NCCCN(C)C. The fourth-order valence-corrected chi connectivity index (χ4v) is 1.74. The molecule has 0 fully saturated rings. The van der Waals surface area contributed by atoms with Gasteiger partial charge in [0.2, 0.25) is 0 Å². The van der Waals surface area contributed by atoms with Gasteiger partial charge in [-0.3, -0.25) is 9.48 Å². The first kappa shape index (κ1) is 14.0. The van der Waals surface area contributed by atoms with Crippen molar-refractivity contribution >= 4 is 17.5 Å². The van der Waals surface area contributed by atoms with Crippen molar-refractivity contribution in [2.75, 3.05) is 27.2 Å². The average molecular weight is 259 g/mol. The Morgan fingerprint density at radius 1 is 1.59 bits per heavy atom. The molecule has 0 saturated heterocycles. The third-order valence-corrected chi connectivity index (χ3v) is 2.65. The van der Waals surface area contributed by atoms with Crippen molar-refractivity contribution in [2.24, 2.45) is 0 Å². The average Bonchev–Trinajstić information content (AvgIpc) is 2.65. The molecule has 0 bridgehead atoms. The highest BCUT2D eigenvalue weighted by molar-refractivity contribution is 6.33. The molecular weight excluding hydrogens is 240 g/mol. The summed E-state index contributed by atoms with van der Waals surface area (Å²) in [4.78, 5) is 14.0. The Labute approximate surface area is 107 Å². The zero-order valence-electron chi connectivity index (χ0n) is 10.5. The predicted octanol–water partition coefficient (Wildman–Crippen LogP) is 1.24. The molecule has 1 amide bonds. The van der Waals surface area contributed by atoms with Crippen LogP contribution in [0, 0.1) is 0 Å². The van der Waals surface area contributed by atoms with E-state index in [1.54, 1.807) is 4.68 Å². The van der Waals surface area contributed by atoms with Gasteiger partial charge in [-0.15, -0.1) is 0 Å². The molecule has 1 aromatic heterocycles. The summed E-state index contributed by atoms with van der Waals surface area (Å²) in [5.74, 6) is -0.159. The van der Waals surface area contributed by atoms with Crippen LogP contribution in [-0.2, 0) is 6.54 Å². The van der Waals surface area contributed by atoms with Gasteiger partial charge >= 0.3 is 0 Å². The number of aryl methyl sites for hydroxylation is 1. The highest BCUT2D eigenvalue weighted by atomic mass is 35.5. The molecule has 1 rings (SSSR count). The maximum atomic E-state index is 11.9. The monoisotopic (exact) mass is 258 g/mol. The maximum Gasteiger partial charge on any atom is 0.271 e. The lowest BCUT2D eigenvalue weighted by atomic mass is 10.3. The van der Waals surface area contributed by atoms with Crippen LogP contribution in [0.3, 0.4) is 0 Å². The molecule has 1 N–H and O–H groups in total. The molecule has 0 aromatic carbocycles. The lowest BCUT2D eigenvalue weighted by Crippen LogP contribution is -2.29. The number of nitrogens with zero attached hydrogens (tertiary/aromatic N) is 3. The second-order valence-corrected chi connectivity index (χ2v) is 4.48. The first-order valence-corrected chi connectivity index (χ1v) is 6.08. The number of amides is 1. The van der Waals surface area contributed by atoms with Gasteiger partial charge in [0.15, 0.2) is 0 Å². The van der Waals surface area contributed by atoms with E-state index < -0.39 is 0 Å². The Balaban J connectivity index is 2.49. The largest absolute Gasteiger partial charge is 0.351 e. The second-order valence-electron chi connectivity index (χ2n) is 4.07. The lowest BCUT2D eigenvalue weighted by molar-refractivity contribution is 0.0942. The van der Waals surface area contributed by atoms with Gasteiger partial charge in [-0.1, -0.05) is 11.6 Å². The van der Waals surface area contributed by atoms with Gasteiger partial charge in [0.25, 0.3) is 5.91 Å². The summed E-state index contributed by atoms with van der Waals surface area (Å²) in [6.07, 6.45) is 2.41. The Bertz CT molecular complexity index is 376. The molecule has 0 radical (unpaired) electrons. The minimum Gasteiger partial charge on any atom is -0.351 e. The summed E-state index contributed by atoms with van der Waals surface area (Å²) in [5.41, 5.74) is 0.444. The van der Waals surface area contributed by atoms with Gasteiger partial charge in [-0.2, -0.15) is 5.10 Å². The third kappa shape index (κ3) is 4.02. The fourth-order valence-electron chi connectivity index (χ4n) is 1.51. The van der Waals surface area contributed by atoms with Crippen LogP contribution in [-0.4, -0.2) is 47.8 Å². The van der Waals surface area contributed by atoms with Crippen LogP contribution in [0.2, 0.25) is 5.02 Å². The van der Waals surface area contributed by atoms with Gasteiger partial charge in [-0.25, -0.2) is 0 Å². The topological polar surface area (TPSA) is 50.2 Å². The van der Waals surface area contributed by atoms with Gasteiger partial charge in [0.05, 0.1) is 11.2 Å². The number of aromatic nitrogens is 2. The van der Waals surface area contributed by atoms with E-state index in [0.717, 1.165) is 13.0 Å². The van der Waals surface area contributed by atoms with Gasteiger partial charge in [0, 0.05) is 13.1 Å². The number of nitrogens with one attached hydrogen (secondary N) is 1. The molecule has 5 nitrogen and oxygen atoms in total. The molecule has 96 valence electrons. The zero-order chi connectivity index (χ0) is 12.8. The smallest absolute Gasteiger partial charge is 0.271 e. The number of carbonyl (C=O) groups excluding carboxylic acids is 1. The number of halogens is 1. The molecule has 0 aliphatic rings. The standard InChI is InChI=1S/C11H19ClN4O/c1-4-16-10(9(12)8-14-16)11(17)13-6-5-7-15(2)3/h8H,4-7H2,1-3H3,(H,13,17). The van der Waals surface area contributed by atoms with Crippen LogP contribution < -0.4 is 5.32 Å². The van der Waals surface area contributed by atoms with Crippen LogP contribution in [0.4, 0.5) is 0 Å². The van der Waals surface area contributed by atoms with E-state index in [-0.39, 0.29) is 5.91 Å². The van der Waals surface area contributed by atoms with Crippen LogP contribution in [0.5, 0.6) is 0 Å². The minimum atomic E-state index is -0.159. The van der Waals surface area contributed by atoms with E-state index in [4.69, 9.17) is 11.6 Å². The Hall–Kier alpha value is -1.07. The van der Waals surface area contributed by atoms with Crippen LogP contribution >= 0.6 is 11.6 Å². The van der Waals surface area contributed by atoms with Crippen LogP contribution in [0.25, 0.3) is 0 Å². The normalized spacial score (nSPS) is 10.9. The van der Waals surface area contributed by atoms with E-state index in [2.05, 4.69) is 15.3 Å². The van der Waals surface area contributed by atoms with Gasteiger partial charge < -0.3 is 10.2 Å². The molecule has 17 heavy (non-hydrogen) atoms. The lowest BCUT2D eigenvalue weighted by Gasteiger charge is -2.10. The fraction of sp³-hybridized carbons (Fsp3) is 0.636. The second kappa shape index (κ2) is 6.61. The van der Waals surface area contributed by atoms with Crippen molar-refractivity contribution in [1.29, 1.82) is 0 Å². The van der Waals surface area contributed by atoms with Crippen molar-refractivity contribution in [3.8, 4) is 0 Å². The summed E-state index contributed by atoms with van der Waals surface area (Å²) in [7, 11) is 4.01. The molecule has 0 unspecified atom stereocenters. The molecule has 0 aliphatic heterocycles. The van der Waals surface area contributed by atoms with Crippen LogP contribution in [0.1, 0.15) is 23.8 Å². The van der Waals surface area contributed by atoms with E-state index in [9.17, 15) is 4.79 Å². The van der Waals surface area contributed by atoms with Crippen molar-refractivity contribution in [1.82, 2.24) is 20.0 Å². The van der Waals surface area contributed by atoms with E-state index in [1.165, 1.54) is 6.20 Å². The Morgan fingerprint density at radius 3 is 2.88 bits per heavy atom. The summed E-state index contributed by atoms with van der Waals surface area (Å²) < 4.78 is 1.60. The molecule has 6 heteroatoms. The van der Waals surface area contributed by atoms with E-state index >= 15 is 0 Å². The van der Waals surface area contributed by atoms with Crippen molar-refractivity contribution in [3.05, 3.63) is 16.9 Å². The predicted molar refractivity (Wildman–Crippen MR) is 68.4 cm³/mol. The maximum absolute atomic E-state index is 11.9. The van der Waals surface area contributed by atoms with Crippen molar-refractivity contribution in [2.45, 2.75) is 19.9 Å². The number of hydrogen-bond acceptors (Lipinski definition) is 3. The van der Waals surface area contributed by atoms with Crippen LogP contribution in [0.15, 0.2) is 6.20 Å². The first-order valence-electron chi connectivity index (χ1n) is 5.70. The Morgan fingerprint density at radius 2 is 2.29 bits per heavy atom. The van der Waals surface area contributed by atoms with E-state index in [0.29, 0.717) is 23.8 Å². The highest BCUT2D eigenvalue weighted by Crippen LogP contribution is 2.14. The highest BCUT2D eigenvalue weighted by Gasteiger charge is 2.15. The minimum absolute atomic E-state index is 0.159. The number of carbonyl (C=O) groups is 1.